The van der Waals surface area contributed by atoms with Crippen molar-refractivity contribution in [3.63, 3.8) is 0 Å². The van der Waals surface area contributed by atoms with E-state index in [1.54, 1.807) is 0 Å². The molecule has 2 atom stereocenters. The minimum Gasteiger partial charge on any atom is -0.0804 e. The molecule has 10 rings (SSSR count). The van der Waals surface area contributed by atoms with Crippen molar-refractivity contribution in [1.82, 2.24) is 0 Å². The molecule has 0 fully saturated rings. The van der Waals surface area contributed by atoms with Crippen LogP contribution in [0.25, 0.3) is 50.1 Å². The summed E-state index contributed by atoms with van der Waals surface area (Å²) in [5.41, 5.74) is 21.3. The molecule has 0 heterocycles. The first kappa shape index (κ1) is 29.7. The number of fused-ring (bicyclic) bond motifs is 5. The summed E-state index contributed by atoms with van der Waals surface area (Å²) in [5, 5.41) is 0. The van der Waals surface area contributed by atoms with Crippen LogP contribution in [0.5, 0.6) is 0 Å². The van der Waals surface area contributed by atoms with Crippen molar-refractivity contribution < 1.29 is 0 Å². The molecule has 0 aromatic heterocycles. The summed E-state index contributed by atoms with van der Waals surface area (Å²) in [5.74, 6) is 0.458. The molecule has 240 valence electrons. The predicted octanol–water partition coefficient (Wildman–Crippen LogP) is 13.3. The summed E-state index contributed by atoms with van der Waals surface area (Å²) in [6, 6.07) is 63.1. The third-order valence-electron chi connectivity index (χ3n) is 11.1. The number of rotatable bonds is 5. The Morgan fingerprint density at radius 1 is 0.353 bits per heavy atom. The third kappa shape index (κ3) is 5.06. The fourth-order valence-corrected chi connectivity index (χ4v) is 8.74. The van der Waals surface area contributed by atoms with Gasteiger partial charge in [0, 0.05) is 11.8 Å². The van der Waals surface area contributed by atoms with Crippen LogP contribution in [0.4, 0.5) is 0 Å². The molecule has 3 aliphatic carbocycles. The van der Waals surface area contributed by atoms with Crippen molar-refractivity contribution in [2.45, 2.75) is 18.3 Å². The lowest BCUT2D eigenvalue weighted by atomic mass is 9.85. The Morgan fingerprint density at radius 2 is 0.922 bits per heavy atom. The van der Waals surface area contributed by atoms with E-state index in [0.29, 0.717) is 0 Å². The minimum atomic E-state index is 0.208. The van der Waals surface area contributed by atoms with Crippen molar-refractivity contribution in [1.29, 1.82) is 0 Å². The Morgan fingerprint density at radius 3 is 1.69 bits per heavy atom. The predicted molar refractivity (Wildman–Crippen MR) is 214 cm³/mol. The molecule has 0 saturated heterocycles. The SMILES string of the molecule is C1=CCC2=C(C=C1)c1cc(-c3ccc4c(c3)-c3ccccc3C4c3cccc(-c4ccccc4)c3)ccc1[C@@H]2c1ccc(-c2ccccc2)cc1. The summed E-state index contributed by atoms with van der Waals surface area (Å²) in [7, 11) is 0. The first-order valence-corrected chi connectivity index (χ1v) is 18.1. The van der Waals surface area contributed by atoms with Gasteiger partial charge in [0.15, 0.2) is 0 Å². The molecule has 7 aromatic rings. The molecule has 0 aliphatic heterocycles. The van der Waals surface area contributed by atoms with Gasteiger partial charge in [-0.15, -0.1) is 0 Å². The van der Waals surface area contributed by atoms with E-state index in [2.05, 4.69) is 194 Å². The van der Waals surface area contributed by atoms with Gasteiger partial charge in [-0.1, -0.05) is 182 Å². The highest BCUT2D eigenvalue weighted by atomic mass is 14.4. The van der Waals surface area contributed by atoms with Crippen molar-refractivity contribution in [2.75, 3.05) is 0 Å². The van der Waals surface area contributed by atoms with Gasteiger partial charge in [0.1, 0.15) is 0 Å². The molecule has 0 spiro atoms. The summed E-state index contributed by atoms with van der Waals surface area (Å²) >= 11 is 0. The van der Waals surface area contributed by atoms with E-state index in [-0.39, 0.29) is 11.8 Å². The molecule has 0 radical (unpaired) electrons. The topological polar surface area (TPSA) is 0 Å². The van der Waals surface area contributed by atoms with Crippen LogP contribution in [-0.2, 0) is 0 Å². The molecule has 0 nitrogen and oxygen atoms in total. The van der Waals surface area contributed by atoms with Crippen LogP contribution in [0.2, 0.25) is 0 Å². The molecule has 0 bridgehead atoms. The van der Waals surface area contributed by atoms with Gasteiger partial charge in [0.2, 0.25) is 0 Å². The van der Waals surface area contributed by atoms with Crippen molar-refractivity contribution >= 4 is 5.57 Å². The van der Waals surface area contributed by atoms with Crippen molar-refractivity contribution in [2.24, 2.45) is 0 Å². The Hall–Kier alpha value is -6.24. The van der Waals surface area contributed by atoms with Crippen LogP contribution < -0.4 is 0 Å². The van der Waals surface area contributed by atoms with Gasteiger partial charge < -0.3 is 0 Å². The maximum Gasteiger partial charge on any atom is 0.0352 e. The molecular formula is C51H36. The minimum absolute atomic E-state index is 0.208. The van der Waals surface area contributed by atoms with E-state index in [4.69, 9.17) is 0 Å². The van der Waals surface area contributed by atoms with Crippen LogP contribution in [0.1, 0.15) is 51.6 Å². The lowest BCUT2D eigenvalue weighted by molar-refractivity contribution is 0.939. The van der Waals surface area contributed by atoms with Crippen LogP contribution in [0.3, 0.4) is 0 Å². The van der Waals surface area contributed by atoms with Crippen molar-refractivity contribution in [3.8, 4) is 44.5 Å². The standard InChI is InChI=1S/C51H36/c1-4-13-34(14-5-1)36-23-25-37(26-24-36)50-44-21-9-3-8-19-42(44)48-32-39(27-29-46(48)50)40-28-30-47-49(33-40)43-20-10-11-22-45(43)51(47)41-18-12-17-38(31-41)35-15-6-2-7-16-35/h1-20,22-33,50-51H,21H2/t50-,51?/m1/s1. The molecular weight excluding hydrogens is 613 g/mol. The van der Waals surface area contributed by atoms with E-state index in [1.165, 1.54) is 89.0 Å². The lowest BCUT2D eigenvalue weighted by Crippen LogP contribution is -2.01. The van der Waals surface area contributed by atoms with Gasteiger partial charge in [-0.05, 0) is 108 Å². The second-order valence-electron chi connectivity index (χ2n) is 14.0. The normalized spacial score (nSPS) is 16.7. The molecule has 7 aromatic carbocycles. The van der Waals surface area contributed by atoms with Crippen molar-refractivity contribution in [3.05, 3.63) is 233 Å². The van der Waals surface area contributed by atoms with Gasteiger partial charge in [-0.3, -0.25) is 0 Å². The lowest BCUT2D eigenvalue weighted by Gasteiger charge is -2.18. The molecule has 0 amide bonds. The Labute approximate surface area is 300 Å². The van der Waals surface area contributed by atoms with E-state index in [0.717, 1.165) is 6.42 Å². The number of allylic oxidation sites excluding steroid dienone is 6. The van der Waals surface area contributed by atoms with Gasteiger partial charge >= 0.3 is 0 Å². The van der Waals surface area contributed by atoms with E-state index >= 15 is 0 Å². The van der Waals surface area contributed by atoms with Crippen LogP contribution in [0.15, 0.2) is 200 Å². The van der Waals surface area contributed by atoms with Crippen LogP contribution in [-0.4, -0.2) is 0 Å². The number of hydrogen-bond donors (Lipinski definition) is 0. The zero-order valence-corrected chi connectivity index (χ0v) is 28.3. The van der Waals surface area contributed by atoms with Crippen LogP contribution in [0, 0.1) is 0 Å². The average molecular weight is 649 g/mol. The van der Waals surface area contributed by atoms with E-state index < -0.39 is 0 Å². The highest BCUT2D eigenvalue weighted by Crippen LogP contribution is 2.52. The molecule has 0 saturated carbocycles. The molecule has 51 heavy (non-hydrogen) atoms. The molecule has 1 unspecified atom stereocenters. The smallest absolute Gasteiger partial charge is 0.0352 e. The molecule has 3 aliphatic rings. The maximum absolute atomic E-state index is 2.45. The second kappa shape index (κ2) is 12.3. The first-order chi connectivity index (χ1) is 25.3. The van der Waals surface area contributed by atoms with E-state index in [1.807, 2.05) is 0 Å². The zero-order valence-electron chi connectivity index (χ0n) is 28.3. The summed E-state index contributed by atoms with van der Waals surface area (Å²) in [6.07, 6.45) is 9.99. The molecule has 0 heteroatoms. The summed E-state index contributed by atoms with van der Waals surface area (Å²) in [6.45, 7) is 0. The highest BCUT2D eigenvalue weighted by Gasteiger charge is 2.33. The monoisotopic (exact) mass is 648 g/mol. The van der Waals surface area contributed by atoms with Gasteiger partial charge in [-0.25, -0.2) is 0 Å². The second-order valence-corrected chi connectivity index (χ2v) is 14.0. The fourth-order valence-electron chi connectivity index (χ4n) is 8.74. The third-order valence-corrected chi connectivity index (χ3v) is 11.1. The fraction of sp³-hybridized carbons (Fsp3) is 0.0588. The molecule has 0 N–H and O–H groups in total. The average Bonchev–Trinajstić information content (AvgIpc) is 3.57. The summed E-state index contributed by atoms with van der Waals surface area (Å²) in [4.78, 5) is 0. The van der Waals surface area contributed by atoms with Gasteiger partial charge in [-0.2, -0.15) is 0 Å². The Bertz CT molecular complexity index is 2530. The quantitative estimate of drug-likeness (QED) is 0.174. The number of hydrogen-bond acceptors (Lipinski definition) is 0. The summed E-state index contributed by atoms with van der Waals surface area (Å²) < 4.78 is 0. The van der Waals surface area contributed by atoms with E-state index in [9.17, 15) is 0 Å². The Balaban J connectivity index is 1.04. The maximum atomic E-state index is 2.45. The van der Waals surface area contributed by atoms with Gasteiger partial charge in [0.05, 0.1) is 0 Å². The first-order valence-electron chi connectivity index (χ1n) is 18.1. The zero-order chi connectivity index (χ0) is 33.7. The highest BCUT2D eigenvalue weighted by molar-refractivity contribution is 5.90. The Kier molecular flexibility index (Phi) is 7.13. The van der Waals surface area contributed by atoms with Crippen LogP contribution >= 0.6 is 0 Å². The van der Waals surface area contributed by atoms with Gasteiger partial charge in [0.25, 0.3) is 0 Å². The largest absolute Gasteiger partial charge is 0.0804 e. The number of benzene rings is 7.